The maximum Gasteiger partial charge on any atom is 0.333 e. The van der Waals surface area contributed by atoms with E-state index < -0.39 is 0 Å². The van der Waals surface area contributed by atoms with Gasteiger partial charge >= 0.3 is 5.69 Å². The average Bonchev–Trinajstić information content (AvgIpc) is 2.69. The summed E-state index contributed by atoms with van der Waals surface area (Å²) in [6.45, 7) is 6.48. The van der Waals surface area contributed by atoms with Crippen LogP contribution in [-0.2, 0) is 6.54 Å². The van der Waals surface area contributed by atoms with Gasteiger partial charge < -0.3 is 10.2 Å². The van der Waals surface area contributed by atoms with Crippen LogP contribution in [0.2, 0.25) is 0 Å². The minimum absolute atomic E-state index is 0.123. The minimum atomic E-state index is -0.328. The highest BCUT2D eigenvalue weighted by Crippen LogP contribution is 2.30. The lowest BCUT2D eigenvalue weighted by atomic mass is 10.1. The molecule has 0 radical (unpaired) electrons. The van der Waals surface area contributed by atoms with Crippen molar-refractivity contribution < 1.29 is 4.92 Å². The third-order valence-corrected chi connectivity index (χ3v) is 3.77. The van der Waals surface area contributed by atoms with E-state index in [0.717, 1.165) is 32.4 Å². The zero-order valence-electron chi connectivity index (χ0n) is 12.4. The molecule has 0 saturated carbocycles. The van der Waals surface area contributed by atoms with Gasteiger partial charge in [-0.15, -0.1) is 0 Å². The highest BCUT2D eigenvalue weighted by atomic mass is 16.6. The molecular weight excluding hydrogens is 258 g/mol. The highest BCUT2D eigenvalue weighted by Gasteiger charge is 2.27. The summed E-state index contributed by atoms with van der Waals surface area (Å²) in [4.78, 5) is 13.2. The number of piperidine rings is 1. The second kappa shape index (κ2) is 6.21. The first-order valence-electron chi connectivity index (χ1n) is 7.19. The fraction of sp³-hybridized carbons (Fsp3) is 0.769. The molecule has 0 bridgehead atoms. The van der Waals surface area contributed by atoms with E-state index >= 15 is 0 Å². The van der Waals surface area contributed by atoms with Gasteiger partial charge in [-0.05, 0) is 46.3 Å². The topological polar surface area (TPSA) is 76.2 Å². The zero-order valence-corrected chi connectivity index (χ0v) is 12.4. The van der Waals surface area contributed by atoms with E-state index in [4.69, 9.17) is 0 Å². The van der Waals surface area contributed by atoms with Crippen LogP contribution in [0.5, 0.6) is 0 Å². The monoisotopic (exact) mass is 281 g/mol. The maximum absolute atomic E-state index is 11.3. The number of nitrogens with one attached hydrogen (secondary N) is 1. The van der Waals surface area contributed by atoms with E-state index in [2.05, 4.69) is 22.4 Å². The Morgan fingerprint density at radius 2 is 2.10 bits per heavy atom. The van der Waals surface area contributed by atoms with Crippen LogP contribution in [0, 0.1) is 17.0 Å². The summed E-state index contributed by atoms with van der Waals surface area (Å²) in [5.74, 6) is 0.573. The molecule has 0 aliphatic carbocycles. The lowest BCUT2D eigenvalue weighted by Gasteiger charge is -2.29. The second-order valence-corrected chi connectivity index (χ2v) is 5.48. The summed E-state index contributed by atoms with van der Waals surface area (Å²) >= 11 is 0. The smallest absolute Gasteiger partial charge is 0.333 e. The third kappa shape index (κ3) is 3.09. The van der Waals surface area contributed by atoms with Crippen molar-refractivity contribution in [3.8, 4) is 0 Å². The molecule has 1 aliphatic heterocycles. The number of hydrogen-bond donors (Lipinski definition) is 1. The quantitative estimate of drug-likeness (QED) is 0.660. The summed E-state index contributed by atoms with van der Waals surface area (Å²) in [7, 11) is 2.10. The molecule has 2 heterocycles. The Hall–Kier alpha value is -1.63. The molecule has 0 unspecified atom stereocenters. The predicted molar refractivity (Wildman–Crippen MR) is 78.1 cm³/mol. The van der Waals surface area contributed by atoms with Crippen molar-refractivity contribution in [1.29, 1.82) is 0 Å². The molecule has 20 heavy (non-hydrogen) atoms. The molecule has 1 N–H and O–H groups in total. The van der Waals surface area contributed by atoms with E-state index in [9.17, 15) is 10.1 Å². The maximum atomic E-state index is 11.3. The Balaban J connectivity index is 2.21. The Morgan fingerprint density at radius 1 is 1.45 bits per heavy atom. The molecule has 1 saturated heterocycles. The summed E-state index contributed by atoms with van der Waals surface area (Å²) in [5, 5.41) is 18.9. The van der Waals surface area contributed by atoms with Gasteiger partial charge in [0.05, 0.1) is 4.92 Å². The van der Waals surface area contributed by atoms with Crippen LogP contribution in [0.3, 0.4) is 0 Å². The Kier molecular flexibility index (Phi) is 4.59. The summed E-state index contributed by atoms with van der Waals surface area (Å²) < 4.78 is 1.74. The molecule has 1 aromatic heterocycles. The third-order valence-electron chi connectivity index (χ3n) is 3.77. The van der Waals surface area contributed by atoms with Crippen LogP contribution in [0.15, 0.2) is 0 Å². The summed E-state index contributed by atoms with van der Waals surface area (Å²) in [6, 6.07) is 0.289. The van der Waals surface area contributed by atoms with Crippen LogP contribution in [0.1, 0.15) is 31.9 Å². The van der Waals surface area contributed by atoms with Crippen molar-refractivity contribution in [2.24, 2.45) is 0 Å². The predicted octanol–water partition coefficient (Wildman–Crippen LogP) is 2.02. The van der Waals surface area contributed by atoms with Crippen molar-refractivity contribution in [2.45, 2.75) is 45.7 Å². The Labute approximate surface area is 119 Å². The van der Waals surface area contributed by atoms with Crippen molar-refractivity contribution >= 4 is 11.5 Å². The van der Waals surface area contributed by atoms with Gasteiger partial charge in [0.2, 0.25) is 5.82 Å². The van der Waals surface area contributed by atoms with Gasteiger partial charge in [-0.3, -0.25) is 10.1 Å². The van der Waals surface area contributed by atoms with Gasteiger partial charge in [0.25, 0.3) is 0 Å². The van der Waals surface area contributed by atoms with Crippen molar-refractivity contribution in [1.82, 2.24) is 14.7 Å². The number of nitrogens with zero attached hydrogens (tertiary/aromatic N) is 4. The van der Waals surface area contributed by atoms with Gasteiger partial charge in [0.15, 0.2) is 0 Å². The normalized spacial score (nSPS) is 17.4. The molecule has 0 atom stereocenters. The minimum Gasteiger partial charge on any atom is -0.362 e. The molecule has 7 heteroatoms. The number of aryl methyl sites for hydroxylation is 2. The van der Waals surface area contributed by atoms with Crippen LogP contribution < -0.4 is 5.32 Å². The van der Waals surface area contributed by atoms with Crippen LogP contribution in [0.4, 0.5) is 11.5 Å². The molecule has 1 aliphatic rings. The number of aromatic nitrogens is 2. The summed E-state index contributed by atoms with van der Waals surface area (Å²) in [5.41, 5.74) is 0.608. The number of rotatable bonds is 5. The highest BCUT2D eigenvalue weighted by molar-refractivity contribution is 5.60. The largest absolute Gasteiger partial charge is 0.362 e. The molecule has 2 rings (SSSR count). The number of likely N-dealkylation sites (tertiary alicyclic amines) is 1. The fourth-order valence-electron chi connectivity index (χ4n) is 2.65. The molecule has 0 amide bonds. The van der Waals surface area contributed by atoms with Gasteiger partial charge in [-0.25, -0.2) is 4.68 Å². The van der Waals surface area contributed by atoms with Crippen molar-refractivity contribution in [3.05, 3.63) is 15.8 Å². The number of anilines is 1. The van der Waals surface area contributed by atoms with Gasteiger partial charge in [-0.1, -0.05) is 6.92 Å². The van der Waals surface area contributed by atoms with E-state index in [1.165, 1.54) is 0 Å². The lowest BCUT2D eigenvalue weighted by Crippen LogP contribution is -2.37. The van der Waals surface area contributed by atoms with Gasteiger partial charge in [0, 0.05) is 12.6 Å². The van der Waals surface area contributed by atoms with Gasteiger partial charge in [-0.2, -0.15) is 5.10 Å². The van der Waals surface area contributed by atoms with E-state index in [0.29, 0.717) is 18.1 Å². The first kappa shape index (κ1) is 14.8. The van der Waals surface area contributed by atoms with Crippen LogP contribution in [0.25, 0.3) is 0 Å². The summed E-state index contributed by atoms with van der Waals surface area (Å²) in [6.07, 6.45) is 2.91. The lowest BCUT2D eigenvalue weighted by molar-refractivity contribution is -0.384. The molecule has 112 valence electrons. The molecular formula is C13H23N5O2. The molecule has 7 nitrogen and oxygen atoms in total. The van der Waals surface area contributed by atoms with E-state index in [1.54, 1.807) is 11.6 Å². The molecule has 0 spiro atoms. The molecule has 1 aromatic rings. The van der Waals surface area contributed by atoms with Crippen LogP contribution >= 0.6 is 0 Å². The fourth-order valence-corrected chi connectivity index (χ4v) is 2.65. The zero-order chi connectivity index (χ0) is 14.7. The average molecular weight is 281 g/mol. The second-order valence-electron chi connectivity index (χ2n) is 5.48. The first-order valence-corrected chi connectivity index (χ1v) is 7.19. The van der Waals surface area contributed by atoms with Crippen molar-refractivity contribution in [2.75, 3.05) is 25.5 Å². The molecule has 0 aromatic carbocycles. The SMILES string of the molecule is CCCn1nc(C)c([N+](=O)[O-])c1NC1CCN(C)CC1. The van der Waals surface area contributed by atoms with Crippen LogP contribution in [-0.4, -0.2) is 45.8 Å². The Bertz CT molecular complexity index is 477. The standard InChI is InChI=1S/C13H23N5O2/c1-4-7-17-13(12(18(19)20)10(2)15-17)14-11-5-8-16(3)9-6-11/h11,14H,4-9H2,1-3H3. The molecule has 1 fully saturated rings. The number of nitro groups is 1. The Morgan fingerprint density at radius 3 is 2.65 bits per heavy atom. The first-order chi connectivity index (χ1) is 9.52. The van der Waals surface area contributed by atoms with Gasteiger partial charge in [0.1, 0.15) is 5.69 Å². The van der Waals surface area contributed by atoms with Crippen molar-refractivity contribution in [3.63, 3.8) is 0 Å². The van der Waals surface area contributed by atoms with E-state index in [-0.39, 0.29) is 16.7 Å². The number of hydrogen-bond acceptors (Lipinski definition) is 5. The van der Waals surface area contributed by atoms with E-state index in [1.807, 2.05) is 6.92 Å².